The van der Waals surface area contributed by atoms with Crippen molar-refractivity contribution in [2.24, 2.45) is 0 Å². The molecule has 0 saturated carbocycles. The molecule has 0 N–H and O–H groups in total. The van der Waals surface area contributed by atoms with Gasteiger partial charge in [0.25, 0.3) is 0 Å². The number of hydrogen-bond acceptors (Lipinski definition) is 4. The van der Waals surface area contributed by atoms with E-state index in [0.717, 1.165) is 6.04 Å². The molecule has 4 nitrogen and oxygen atoms in total. The van der Waals surface area contributed by atoms with Crippen LogP contribution in [0.4, 0.5) is 0 Å². The van der Waals surface area contributed by atoms with Crippen LogP contribution >= 0.6 is 0 Å². The Morgan fingerprint density at radius 2 is 1.64 bits per heavy atom. The van der Waals surface area contributed by atoms with Gasteiger partial charge in [0.05, 0.1) is 19.1 Å². The Kier molecular flexibility index (Phi) is 7.71. The third-order valence-electron chi connectivity index (χ3n) is 1.70. The van der Waals surface area contributed by atoms with Gasteiger partial charge in [-0.2, -0.15) is 5.26 Å². The van der Waals surface area contributed by atoms with E-state index in [0.29, 0.717) is 26.2 Å². The first-order valence-electron chi connectivity index (χ1n) is 5.03. The summed E-state index contributed by atoms with van der Waals surface area (Å²) in [6, 6.07) is 2.78. The Hall–Kier alpha value is -0.413. The van der Waals surface area contributed by atoms with Crippen LogP contribution in [-0.4, -0.2) is 28.6 Å². The lowest BCUT2D eigenvalue weighted by Gasteiger charge is -2.27. The van der Waals surface area contributed by atoms with E-state index in [1.54, 1.807) is 0 Å². The number of hydrogen-bond donors (Lipinski definition) is 0. The summed E-state index contributed by atoms with van der Waals surface area (Å²) in [5, 5.41) is 8.40. The molecule has 0 heterocycles. The van der Waals surface area contributed by atoms with Gasteiger partial charge in [-0.25, -0.2) is 0 Å². The van der Waals surface area contributed by atoms with Gasteiger partial charge in [0.1, 0.15) is 0 Å². The van der Waals surface area contributed by atoms with Crippen LogP contribution in [0.1, 0.15) is 27.2 Å². The molecule has 0 aliphatic rings. The summed E-state index contributed by atoms with van der Waals surface area (Å²) in [4.78, 5) is 0. The zero-order chi connectivity index (χ0) is 10.9. The molecule has 14 heavy (non-hydrogen) atoms. The molecular formula is C9H19NO3Si. The summed E-state index contributed by atoms with van der Waals surface area (Å²) < 4.78 is 16.7. The average Bonchev–Trinajstić information content (AvgIpc) is 2.19. The van der Waals surface area contributed by atoms with Crippen LogP contribution in [-0.2, 0) is 13.3 Å². The topological polar surface area (TPSA) is 51.5 Å². The standard InChI is InChI=1S/C9H19NO3Si/c1-4-11-14(6-3,12-5-2)13-9-7-8-10/h4-7,9H2,1-3H3. The van der Waals surface area contributed by atoms with Gasteiger partial charge in [0, 0.05) is 19.3 Å². The molecule has 0 radical (unpaired) electrons. The monoisotopic (exact) mass is 217 g/mol. The van der Waals surface area contributed by atoms with E-state index in [2.05, 4.69) is 0 Å². The summed E-state index contributed by atoms with van der Waals surface area (Å²) in [6.07, 6.45) is 0.384. The van der Waals surface area contributed by atoms with Crippen molar-refractivity contribution in [2.45, 2.75) is 33.2 Å². The van der Waals surface area contributed by atoms with Gasteiger partial charge in [0.15, 0.2) is 0 Å². The molecule has 5 heteroatoms. The predicted octanol–water partition coefficient (Wildman–Crippen LogP) is 1.95. The fourth-order valence-electron chi connectivity index (χ4n) is 1.12. The van der Waals surface area contributed by atoms with Crippen molar-refractivity contribution in [1.29, 1.82) is 5.26 Å². The highest BCUT2D eigenvalue weighted by Gasteiger charge is 2.38. The second-order valence-corrected chi connectivity index (χ2v) is 5.60. The van der Waals surface area contributed by atoms with Crippen LogP contribution in [0.15, 0.2) is 0 Å². The van der Waals surface area contributed by atoms with E-state index < -0.39 is 8.80 Å². The summed E-state index contributed by atoms with van der Waals surface area (Å²) in [5.41, 5.74) is 0. The van der Waals surface area contributed by atoms with Crippen LogP contribution in [0, 0.1) is 11.3 Å². The molecule has 0 atom stereocenters. The Morgan fingerprint density at radius 1 is 1.07 bits per heavy atom. The van der Waals surface area contributed by atoms with E-state index in [-0.39, 0.29) is 0 Å². The Labute approximate surface area is 87.1 Å². The van der Waals surface area contributed by atoms with Crippen LogP contribution in [0.5, 0.6) is 0 Å². The van der Waals surface area contributed by atoms with E-state index in [1.807, 2.05) is 26.8 Å². The molecule has 0 aliphatic carbocycles. The zero-order valence-electron chi connectivity index (χ0n) is 9.21. The highest BCUT2D eigenvalue weighted by atomic mass is 28.4. The average molecular weight is 217 g/mol. The van der Waals surface area contributed by atoms with Crippen LogP contribution in [0.2, 0.25) is 6.04 Å². The highest BCUT2D eigenvalue weighted by molar-refractivity contribution is 6.60. The number of nitriles is 1. The van der Waals surface area contributed by atoms with Gasteiger partial charge in [-0.3, -0.25) is 0 Å². The molecule has 0 aromatic rings. The second kappa shape index (κ2) is 7.94. The molecule has 0 bridgehead atoms. The van der Waals surface area contributed by atoms with Crippen LogP contribution in [0.25, 0.3) is 0 Å². The quantitative estimate of drug-likeness (QED) is 0.460. The maximum Gasteiger partial charge on any atom is 0.500 e. The Bertz CT molecular complexity index is 175. The first kappa shape index (κ1) is 13.6. The van der Waals surface area contributed by atoms with Crippen LogP contribution < -0.4 is 0 Å². The second-order valence-electron chi connectivity index (χ2n) is 2.66. The van der Waals surface area contributed by atoms with E-state index in [1.165, 1.54) is 0 Å². The van der Waals surface area contributed by atoms with Crippen molar-refractivity contribution in [1.82, 2.24) is 0 Å². The molecule has 0 aliphatic heterocycles. The molecule has 0 unspecified atom stereocenters. The Morgan fingerprint density at radius 3 is 2.00 bits per heavy atom. The Balaban J connectivity index is 4.11. The number of nitrogens with zero attached hydrogens (tertiary/aromatic N) is 1. The summed E-state index contributed by atoms with van der Waals surface area (Å²) in [6.45, 7) is 7.41. The third kappa shape index (κ3) is 4.72. The molecule has 0 fully saturated rings. The fraction of sp³-hybridized carbons (Fsp3) is 0.889. The molecular weight excluding hydrogens is 198 g/mol. The lowest BCUT2D eigenvalue weighted by Crippen LogP contribution is -2.45. The molecule has 0 aromatic carbocycles. The molecule has 0 spiro atoms. The lowest BCUT2D eigenvalue weighted by molar-refractivity contribution is 0.0700. The zero-order valence-corrected chi connectivity index (χ0v) is 10.2. The SMILES string of the molecule is CCO[Si](CC)(OCC)OCCC#N. The van der Waals surface area contributed by atoms with Crippen molar-refractivity contribution >= 4 is 8.80 Å². The smallest absolute Gasteiger partial charge is 0.374 e. The van der Waals surface area contributed by atoms with Gasteiger partial charge in [0.2, 0.25) is 0 Å². The maximum absolute atomic E-state index is 8.40. The van der Waals surface area contributed by atoms with Gasteiger partial charge >= 0.3 is 8.80 Å². The van der Waals surface area contributed by atoms with E-state index >= 15 is 0 Å². The van der Waals surface area contributed by atoms with Crippen molar-refractivity contribution in [3.8, 4) is 6.07 Å². The lowest BCUT2D eigenvalue weighted by atomic mass is 10.5. The summed E-state index contributed by atoms with van der Waals surface area (Å²) in [5.74, 6) is 0. The van der Waals surface area contributed by atoms with E-state index in [4.69, 9.17) is 18.5 Å². The van der Waals surface area contributed by atoms with Crippen molar-refractivity contribution in [3.05, 3.63) is 0 Å². The predicted molar refractivity (Wildman–Crippen MR) is 55.7 cm³/mol. The summed E-state index contributed by atoms with van der Waals surface area (Å²) >= 11 is 0. The van der Waals surface area contributed by atoms with Gasteiger partial charge in [-0.05, 0) is 13.8 Å². The number of rotatable bonds is 8. The van der Waals surface area contributed by atoms with Crippen molar-refractivity contribution in [3.63, 3.8) is 0 Å². The van der Waals surface area contributed by atoms with Gasteiger partial charge < -0.3 is 13.3 Å². The van der Waals surface area contributed by atoms with E-state index in [9.17, 15) is 0 Å². The molecule has 0 saturated heterocycles. The van der Waals surface area contributed by atoms with Gasteiger partial charge in [-0.15, -0.1) is 0 Å². The fourth-order valence-corrected chi connectivity index (χ4v) is 3.28. The normalized spacial score (nSPS) is 11.3. The minimum absolute atomic E-state index is 0.384. The first-order chi connectivity index (χ1) is 6.74. The maximum atomic E-state index is 8.40. The molecule has 0 rings (SSSR count). The van der Waals surface area contributed by atoms with Gasteiger partial charge in [-0.1, -0.05) is 6.92 Å². The minimum atomic E-state index is -2.46. The summed E-state index contributed by atoms with van der Waals surface area (Å²) in [7, 11) is -2.46. The van der Waals surface area contributed by atoms with Crippen LogP contribution in [0.3, 0.4) is 0 Å². The van der Waals surface area contributed by atoms with Crippen molar-refractivity contribution in [2.75, 3.05) is 19.8 Å². The molecule has 82 valence electrons. The third-order valence-corrected chi connectivity index (χ3v) is 4.66. The highest BCUT2D eigenvalue weighted by Crippen LogP contribution is 2.15. The largest absolute Gasteiger partial charge is 0.500 e. The molecule has 0 amide bonds. The first-order valence-corrected chi connectivity index (χ1v) is 6.96. The molecule has 0 aromatic heterocycles. The minimum Gasteiger partial charge on any atom is -0.374 e. The van der Waals surface area contributed by atoms with Crippen molar-refractivity contribution < 1.29 is 13.3 Å².